The van der Waals surface area contributed by atoms with Crippen LogP contribution in [0.2, 0.25) is 0 Å². The monoisotopic (exact) mass is 260 g/mol. The molecule has 19 heavy (non-hydrogen) atoms. The van der Waals surface area contributed by atoms with Crippen LogP contribution < -0.4 is 4.90 Å². The summed E-state index contributed by atoms with van der Waals surface area (Å²) in [5.41, 5.74) is 1.50. The van der Waals surface area contributed by atoms with E-state index in [1.165, 1.54) is 26.4 Å². The molecule has 1 unspecified atom stereocenters. The van der Waals surface area contributed by atoms with Gasteiger partial charge in [-0.25, -0.2) is 9.78 Å². The summed E-state index contributed by atoms with van der Waals surface area (Å²) in [5.74, 6) is 2.39. The molecule has 1 aliphatic heterocycles. The number of aromatic nitrogens is 1. The molecule has 3 rings (SSSR count). The molecule has 0 bridgehead atoms. The molecular formula is C15H20N2O2. The van der Waals surface area contributed by atoms with Gasteiger partial charge in [0.2, 0.25) is 0 Å². The van der Waals surface area contributed by atoms with Crippen molar-refractivity contribution in [2.24, 2.45) is 11.8 Å². The fraction of sp³-hybridized carbons (Fsp3) is 0.600. The first-order valence-corrected chi connectivity index (χ1v) is 6.99. The zero-order valence-corrected chi connectivity index (χ0v) is 11.6. The van der Waals surface area contributed by atoms with E-state index in [0.717, 1.165) is 36.3 Å². The van der Waals surface area contributed by atoms with Crippen LogP contribution in [0.5, 0.6) is 0 Å². The highest BCUT2D eigenvalue weighted by Gasteiger charge is 2.36. The van der Waals surface area contributed by atoms with Gasteiger partial charge in [-0.05, 0) is 43.2 Å². The van der Waals surface area contributed by atoms with Crippen molar-refractivity contribution in [1.29, 1.82) is 0 Å². The summed E-state index contributed by atoms with van der Waals surface area (Å²) < 4.78 is 4.75. The molecule has 2 heterocycles. The number of ether oxygens (including phenoxy) is 1. The molecule has 0 radical (unpaired) electrons. The highest BCUT2D eigenvalue weighted by Crippen LogP contribution is 2.39. The molecule has 1 aromatic rings. The predicted molar refractivity (Wildman–Crippen MR) is 73.4 cm³/mol. The Morgan fingerprint density at radius 2 is 2.05 bits per heavy atom. The summed E-state index contributed by atoms with van der Waals surface area (Å²) in [4.78, 5) is 18.4. The molecule has 102 valence electrons. The zero-order valence-electron chi connectivity index (χ0n) is 11.6. The largest absolute Gasteiger partial charge is 0.465 e. The molecule has 0 N–H and O–H groups in total. The van der Waals surface area contributed by atoms with Gasteiger partial charge in [-0.15, -0.1) is 0 Å². The number of esters is 1. The zero-order chi connectivity index (χ0) is 13.4. The van der Waals surface area contributed by atoms with Crippen LogP contribution in [0, 0.1) is 18.8 Å². The standard InChI is InChI=1S/C15H20N2O2/c1-10-6-14(16-7-13(10)15(18)19-2)17-8-11-4-3-5-12(11)9-17/h6-7,11-12H,3-5,8-9H2,1-2H3/t11-,12?/m1/s1. The van der Waals surface area contributed by atoms with E-state index in [2.05, 4.69) is 9.88 Å². The van der Waals surface area contributed by atoms with E-state index in [1.807, 2.05) is 13.0 Å². The molecule has 2 atom stereocenters. The summed E-state index contributed by atoms with van der Waals surface area (Å²) >= 11 is 0. The van der Waals surface area contributed by atoms with Crippen molar-refractivity contribution < 1.29 is 9.53 Å². The first-order chi connectivity index (χ1) is 9.19. The van der Waals surface area contributed by atoms with Gasteiger partial charge in [0.25, 0.3) is 0 Å². The van der Waals surface area contributed by atoms with Gasteiger partial charge in [-0.1, -0.05) is 6.42 Å². The highest BCUT2D eigenvalue weighted by atomic mass is 16.5. The SMILES string of the molecule is COC(=O)c1cnc(N2CC3CCC[C@@H]3C2)cc1C. The van der Waals surface area contributed by atoms with Gasteiger partial charge in [-0.2, -0.15) is 0 Å². The van der Waals surface area contributed by atoms with E-state index in [-0.39, 0.29) is 5.97 Å². The molecule has 1 saturated carbocycles. The van der Waals surface area contributed by atoms with Crippen LogP contribution in [0.15, 0.2) is 12.3 Å². The number of aryl methyl sites for hydroxylation is 1. The minimum atomic E-state index is -0.310. The van der Waals surface area contributed by atoms with Crippen molar-refractivity contribution >= 4 is 11.8 Å². The molecule has 4 nitrogen and oxygen atoms in total. The van der Waals surface area contributed by atoms with Crippen LogP contribution >= 0.6 is 0 Å². The summed E-state index contributed by atoms with van der Waals surface area (Å²) in [5, 5.41) is 0. The van der Waals surface area contributed by atoms with Crippen molar-refractivity contribution in [2.75, 3.05) is 25.1 Å². The Hall–Kier alpha value is -1.58. The summed E-state index contributed by atoms with van der Waals surface area (Å²) in [6.45, 7) is 4.18. The highest BCUT2D eigenvalue weighted by molar-refractivity contribution is 5.90. The number of hydrogen-bond acceptors (Lipinski definition) is 4. The third-order valence-corrected chi connectivity index (χ3v) is 4.55. The van der Waals surface area contributed by atoms with Crippen LogP contribution in [0.25, 0.3) is 0 Å². The van der Waals surface area contributed by atoms with Crippen LogP contribution in [-0.2, 0) is 4.74 Å². The fourth-order valence-electron chi connectivity index (χ4n) is 3.46. The number of hydrogen-bond donors (Lipinski definition) is 0. The number of carbonyl (C=O) groups is 1. The Kier molecular flexibility index (Phi) is 3.17. The third-order valence-electron chi connectivity index (χ3n) is 4.55. The lowest BCUT2D eigenvalue weighted by atomic mass is 10.0. The quantitative estimate of drug-likeness (QED) is 0.766. The Labute approximate surface area is 113 Å². The van der Waals surface area contributed by atoms with Crippen LogP contribution in [0.4, 0.5) is 5.82 Å². The van der Waals surface area contributed by atoms with E-state index in [1.54, 1.807) is 6.20 Å². The lowest BCUT2D eigenvalue weighted by Gasteiger charge is -2.19. The van der Waals surface area contributed by atoms with Crippen LogP contribution in [0.3, 0.4) is 0 Å². The average molecular weight is 260 g/mol. The molecule has 2 fully saturated rings. The first kappa shape index (κ1) is 12.5. The van der Waals surface area contributed by atoms with Crippen molar-refractivity contribution in [2.45, 2.75) is 26.2 Å². The summed E-state index contributed by atoms with van der Waals surface area (Å²) in [6, 6.07) is 2.01. The average Bonchev–Trinajstić information content (AvgIpc) is 2.98. The molecule has 4 heteroatoms. The van der Waals surface area contributed by atoms with Crippen molar-refractivity contribution in [3.63, 3.8) is 0 Å². The number of nitrogens with zero attached hydrogens (tertiary/aromatic N) is 2. The Bertz CT molecular complexity index is 489. The third kappa shape index (κ3) is 2.20. The van der Waals surface area contributed by atoms with E-state index in [4.69, 9.17) is 4.74 Å². The number of carbonyl (C=O) groups excluding carboxylic acids is 1. The first-order valence-electron chi connectivity index (χ1n) is 6.99. The van der Waals surface area contributed by atoms with Gasteiger partial charge in [0, 0.05) is 19.3 Å². The number of pyridine rings is 1. The van der Waals surface area contributed by atoms with Crippen LogP contribution in [-0.4, -0.2) is 31.2 Å². The van der Waals surface area contributed by atoms with Crippen molar-refractivity contribution in [3.8, 4) is 0 Å². The van der Waals surface area contributed by atoms with Gasteiger partial charge in [0.15, 0.2) is 0 Å². The normalized spacial score (nSPS) is 25.5. The maximum absolute atomic E-state index is 11.6. The van der Waals surface area contributed by atoms with Gasteiger partial charge in [0.05, 0.1) is 12.7 Å². The summed E-state index contributed by atoms with van der Waals surface area (Å²) in [6.07, 6.45) is 5.75. The molecule has 2 aliphatic rings. The second-order valence-corrected chi connectivity index (χ2v) is 5.71. The number of methoxy groups -OCH3 is 1. The minimum Gasteiger partial charge on any atom is -0.465 e. The van der Waals surface area contributed by atoms with E-state index < -0.39 is 0 Å². The van der Waals surface area contributed by atoms with Gasteiger partial charge >= 0.3 is 5.97 Å². The van der Waals surface area contributed by atoms with Crippen molar-refractivity contribution in [3.05, 3.63) is 23.4 Å². The number of rotatable bonds is 2. The maximum atomic E-state index is 11.6. The number of anilines is 1. The fourth-order valence-corrected chi connectivity index (χ4v) is 3.46. The topological polar surface area (TPSA) is 42.4 Å². The molecule has 0 spiro atoms. The minimum absolute atomic E-state index is 0.310. The van der Waals surface area contributed by atoms with Crippen molar-refractivity contribution in [1.82, 2.24) is 4.98 Å². The van der Waals surface area contributed by atoms with E-state index in [9.17, 15) is 4.79 Å². The smallest absolute Gasteiger partial charge is 0.339 e. The van der Waals surface area contributed by atoms with Gasteiger partial charge in [0.1, 0.15) is 5.82 Å². The Balaban J connectivity index is 1.79. The molecule has 0 amide bonds. The lowest BCUT2D eigenvalue weighted by Crippen LogP contribution is -2.22. The molecule has 0 aromatic carbocycles. The molecule has 1 saturated heterocycles. The van der Waals surface area contributed by atoms with E-state index >= 15 is 0 Å². The molecule has 1 aromatic heterocycles. The maximum Gasteiger partial charge on any atom is 0.339 e. The molecular weight excluding hydrogens is 240 g/mol. The van der Waals surface area contributed by atoms with Gasteiger partial charge in [-0.3, -0.25) is 0 Å². The predicted octanol–water partition coefficient (Wildman–Crippen LogP) is 2.41. The number of fused-ring (bicyclic) bond motifs is 1. The second kappa shape index (κ2) is 4.83. The Morgan fingerprint density at radius 1 is 1.37 bits per heavy atom. The Morgan fingerprint density at radius 3 is 2.63 bits per heavy atom. The molecule has 1 aliphatic carbocycles. The summed E-state index contributed by atoms with van der Waals surface area (Å²) in [7, 11) is 1.40. The lowest BCUT2D eigenvalue weighted by molar-refractivity contribution is 0.0599. The van der Waals surface area contributed by atoms with Crippen LogP contribution in [0.1, 0.15) is 35.2 Å². The van der Waals surface area contributed by atoms with Gasteiger partial charge < -0.3 is 9.64 Å². The van der Waals surface area contributed by atoms with E-state index in [0.29, 0.717) is 5.56 Å². The second-order valence-electron chi connectivity index (χ2n) is 5.71.